The highest BCUT2D eigenvalue weighted by atomic mass is 32.2. The molecule has 0 bridgehead atoms. The number of aromatic nitrogens is 3. The van der Waals surface area contributed by atoms with Gasteiger partial charge in [0.05, 0.1) is 16.6 Å². The minimum absolute atomic E-state index is 0.294. The van der Waals surface area contributed by atoms with E-state index in [0.717, 1.165) is 24.0 Å². The van der Waals surface area contributed by atoms with Crippen LogP contribution in [0, 0.1) is 0 Å². The molecule has 130 valence electrons. The summed E-state index contributed by atoms with van der Waals surface area (Å²) in [5.41, 5.74) is 0.390. The number of imidazole rings is 1. The average molecular weight is 367 g/mol. The highest BCUT2D eigenvalue weighted by Crippen LogP contribution is 2.34. The fraction of sp³-hybridized carbons (Fsp3) is 0.188. The van der Waals surface area contributed by atoms with Crippen molar-refractivity contribution < 1.29 is 23.1 Å². The van der Waals surface area contributed by atoms with E-state index in [-0.39, 0.29) is 0 Å². The van der Waals surface area contributed by atoms with Crippen LogP contribution in [0.3, 0.4) is 0 Å². The molecule has 5 nitrogen and oxygen atoms in total. The summed E-state index contributed by atoms with van der Waals surface area (Å²) in [5, 5.41) is 9.98. The van der Waals surface area contributed by atoms with E-state index in [0.29, 0.717) is 21.2 Å². The Labute approximate surface area is 144 Å². The van der Waals surface area contributed by atoms with Crippen molar-refractivity contribution in [2.45, 2.75) is 29.3 Å². The van der Waals surface area contributed by atoms with Crippen LogP contribution in [0.2, 0.25) is 0 Å². The van der Waals surface area contributed by atoms with Gasteiger partial charge in [0, 0.05) is 6.20 Å². The molecule has 3 aromatic rings. The normalized spacial score (nSPS) is 13.1. The van der Waals surface area contributed by atoms with E-state index < -0.39 is 23.8 Å². The number of hydrogen-bond donors (Lipinski definition) is 1. The number of rotatable bonds is 4. The van der Waals surface area contributed by atoms with Crippen LogP contribution in [0.4, 0.5) is 13.2 Å². The zero-order valence-corrected chi connectivity index (χ0v) is 13.7. The summed E-state index contributed by atoms with van der Waals surface area (Å²) in [5.74, 6) is -1.04. The van der Waals surface area contributed by atoms with Gasteiger partial charge in [-0.1, -0.05) is 12.1 Å². The van der Waals surface area contributed by atoms with Gasteiger partial charge >= 0.3 is 12.1 Å². The van der Waals surface area contributed by atoms with E-state index in [1.54, 1.807) is 24.3 Å². The first-order valence-electron chi connectivity index (χ1n) is 7.18. The summed E-state index contributed by atoms with van der Waals surface area (Å²) < 4.78 is 39.4. The van der Waals surface area contributed by atoms with Crippen LogP contribution in [0.25, 0.3) is 11.0 Å². The van der Waals surface area contributed by atoms with Gasteiger partial charge in [-0.2, -0.15) is 13.2 Å². The van der Waals surface area contributed by atoms with Crippen molar-refractivity contribution in [1.29, 1.82) is 0 Å². The molecule has 2 heterocycles. The number of halogens is 3. The lowest BCUT2D eigenvalue weighted by Gasteiger charge is -2.13. The molecule has 0 aliphatic heterocycles. The summed E-state index contributed by atoms with van der Waals surface area (Å²) in [7, 11) is 0. The van der Waals surface area contributed by atoms with E-state index in [9.17, 15) is 23.1 Å². The quantitative estimate of drug-likeness (QED) is 0.747. The Morgan fingerprint density at radius 1 is 1.24 bits per heavy atom. The van der Waals surface area contributed by atoms with Gasteiger partial charge in [0.25, 0.3) is 0 Å². The number of carbonyl (C=O) groups is 1. The first kappa shape index (κ1) is 17.3. The van der Waals surface area contributed by atoms with Crippen molar-refractivity contribution in [2.24, 2.45) is 0 Å². The number of fused-ring (bicyclic) bond motifs is 1. The number of pyridine rings is 1. The fourth-order valence-electron chi connectivity index (χ4n) is 2.28. The first-order valence-corrected chi connectivity index (χ1v) is 8.00. The summed E-state index contributed by atoms with van der Waals surface area (Å²) in [6, 6.07) is 8.31. The number of carboxylic acid groups (broad SMARTS) is 1. The van der Waals surface area contributed by atoms with E-state index in [1.807, 2.05) is 0 Å². The maximum Gasteiger partial charge on any atom is 0.417 e. The van der Waals surface area contributed by atoms with Gasteiger partial charge < -0.3 is 9.67 Å². The molecular formula is C16H12F3N3O2S. The van der Waals surface area contributed by atoms with Crippen molar-refractivity contribution >= 4 is 28.8 Å². The lowest BCUT2D eigenvalue weighted by atomic mass is 10.3. The average Bonchev–Trinajstić information content (AvgIpc) is 2.91. The molecule has 3 rings (SSSR count). The van der Waals surface area contributed by atoms with Crippen LogP contribution in [-0.2, 0) is 11.0 Å². The third kappa shape index (κ3) is 3.46. The van der Waals surface area contributed by atoms with Gasteiger partial charge in [0.2, 0.25) is 0 Å². The summed E-state index contributed by atoms with van der Waals surface area (Å²) in [4.78, 5) is 19.6. The fourth-order valence-corrected chi connectivity index (χ4v) is 3.21. The smallest absolute Gasteiger partial charge is 0.417 e. The summed E-state index contributed by atoms with van der Waals surface area (Å²) in [6.07, 6.45) is -3.71. The van der Waals surface area contributed by atoms with Crippen molar-refractivity contribution in [2.75, 3.05) is 0 Å². The predicted octanol–water partition coefficient (Wildman–Crippen LogP) is 4.25. The van der Waals surface area contributed by atoms with Crippen molar-refractivity contribution in [1.82, 2.24) is 14.5 Å². The van der Waals surface area contributed by atoms with E-state index >= 15 is 0 Å². The van der Waals surface area contributed by atoms with Gasteiger partial charge in [-0.3, -0.25) is 0 Å². The van der Waals surface area contributed by atoms with Crippen molar-refractivity contribution in [3.8, 4) is 0 Å². The second-order valence-corrected chi connectivity index (χ2v) is 6.24. The molecule has 0 saturated heterocycles. The standard InChI is InChI=1S/C16H12F3N3O2S/c1-9(14(23)24)22-12-5-3-2-4-11(12)21-15(22)25-13-7-6-10(8-20-13)16(17,18)19/h2-9H,1H3,(H,23,24). The zero-order chi connectivity index (χ0) is 18.2. The molecule has 0 aliphatic carbocycles. The Kier molecular flexibility index (Phi) is 4.42. The maximum absolute atomic E-state index is 12.6. The van der Waals surface area contributed by atoms with E-state index in [4.69, 9.17) is 0 Å². The van der Waals surface area contributed by atoms with Crippen LogP contribution >= 0.6 is 11.8 Å². The second kappa shape index (κ2) is 6.40. The Bertz CT molecular complexity index is 923. The Balaban J connectivity index is 2.01. The molecule has 0 amide bonds. The van der Waals surface area contributed by atoms with Crippen LogP contribution in [0.1, 0.15) is 18.5 Å². The third-order valence-electron chi connectivity index (χ3n) is 3.57. The maximum atomic E-state index is 12.6. The molecule has 1 unspecified atom stereocenters. The predicted molar refractivity (Wildman–Crippen MR) is 85.4 cm³/mol. The molecule has 0 spiro atoms. The number of aliphatic carboxylic acids is 1. The van der Waals surface area contributed by atoms with Crippen LogP contribution in [-0.4, -0.2) is 25.6 Å². The van der Waals surface area contributed by atoms with Crippen LogP contribution in [0.5, 0.6) is 0 Å². The molecule has 2 aromatic heterocycles. The second-order valence-electron chi connectivity index (χ2n) is 5.25. The number of benzene rings is 1. The highest BCUT2D eigenvalue weighted by molar-refractivity contribution is 7.99. The number of carboxylic acids is 1. The Morgan fingerprint density at radius 3 is 2.56 bits per heavy atom. The molecule has 1 aromatic carbocycles. The first-order chi connectivity index (χ1) is 11.8. The van der Waals surface area contributed by atoms with Gasteiger partial charge in [-0.25, -0.2) is 14.8 Å². The van der Waals surface area contributed by atoms with Gasteiger partial charge in [0.1, 0.15) is 11.1 Å². The van der Waals surface area contributed by atoms with Gasteiger partial charge in [-0.05, 0) is 43.0 Å². The molecule has 0 radical (unpaired) electrons. The zero-order valence-electron chi connectivity index (χ0n) is 12.9. The summed E-state index contributed by atoms with van der Waals surface area (Å²) >= 11 is 1.02. The number of nitrogens with zero attached hydrogens (tertiary/aromatic N) is 3. The summed E-state index contributed by atoms with van der Waals surface area (Å²) in [6.45, 7) is 1.51. The lowest BCUT2D eigenvalue weighted by Crippen LogP contribution is -2.16. The molecule has 25 heavy (non-hydrogen) atoms. The van der Waals surface area contributed by atoms with E-state index in [1.165, 1.54) is 17.6 Å². The molecule has 1 N–H and O–H groups in total. The molecular weight excluding hydrogens is 355 g/mol. The van der Waals surface area contributed by atoms with Crippen molar-refractivity contribution in [3.63, 3.8) is 0 Å². The van der Waals surface area contributed by atoms with Gasteiger partial charge in [-0.15, -0.1) is 0 Å². The molecule has 9 heteroatoms. The number of alkyl halides is 3. The monoisotopic (exact) mass is 367 g/mol. The molecule has 0 saturated carbocycles. The number of hydrogen-bond acceptors (Lipinski definition) is 4. The topological polar surface area (TPSA) is 68.0 Å². The third-order valence-corrected chi connectivity index (χ3v) is 4.49. The Hall–Kier alpha value is -2.55. The minimum Gasteiger partial charge on any atom is -0.480 e. The highest BCUT2D eigenvalue weighted by Gasteiger charge is 2.30. The molecule has 0 aliphatic rings. The molecule has 0 fully saturated rings. The Morgan fingerprint density at radius 2 is 1.96 bits per heavy atom. The van der Waals surface area contributed by atoms with Gasteiger partial charge in [0.15, 0.2) is 5.16 Å². The largest absolute Gasteiger partial charge is 0.480 e. The van der Waals surface area contributed by atoms with Crippen molar-refractivity contribution in [3.05, 3.63) is 48.2 Å². The minimum atomic E-state index is -4.46. The number of para-hydroxylation sites is 2. The molecule has 1 atom stereocenters. The van der Waals surface area contributed by atoms with Crippen LogP contribution < -0.4 is 0 Å². The lowest BCUT2D eigenvalue weighted by molar-refractivity contribution is -0.140. The SMILES string of the molecule is CC(C(=O)O)n1c(Sc2ccc(C(F)(F)F)cn2)nc2ccccc21. The van der Waals surface area contributed by atoms with Crippen LogP contribution in [0.15, 0.2) is 52.8 Å². The van der Waals surface area contributed by atoms with E-state index in [2.05, 4.69) is 9.97 Å².